The van der Waals surface area contributed by atoms with E-state index in [9.17, 15) is 0 Å². The van der Waals surface area contributed by atoms with Crippen LogP contribution in [0.2, 0.25) is 0 Å². The molecule has 7 aromatic carbocycles. The first-order valence-electron chi connectivity index (χ1n) is 16.6. The molecule has 0 atom stereocenters. The maximum Gasteiger partial charge on any atom is 0.160 e. The van der Waals surface area contributed by atoms with Crippen LogP contribution in [0.25, 0.3) is 82.8 Å². The quantitative estimate of drug-likeness (QED) is 0.181. The Morgan fingerprint density at radius 2 is 0.917 bits per heavy atom. The third-order valence-corrected chi connectivity index (χ3v) is 9.53. The molecule has 48 heavy (non-hydrogen) atoms. The summed E-state index contributed by atoms with van der Waals surface area (Å²) in [6.07, 6.45) is 8.54. The van der Waals surface area contributed by atoms with Crippen LogP contribution in [-0.2, 0) is 0 Å². The summed E-state index contributed by atoms with van der Waals surface area (Å²) >= 11 is 0. The van der Waals surface area contributed by atoms with Gasteiger partial charge in [-0.2, -0.15) is 0 Å². The first-order chi connectivity index (χ1) is 23.8. The molecule has 0 fully saturated rings. The molecule has 1 heterocycles. The van der Waals surface area contributed by atoms with Crippen molar-refractivity contribution in [3.05, 3.63) is 176 Å². The van der Waals surface area contributed by atoms with Gasteiger partial charge in [0.25, 0.3) is 0 Å². The molecule has 0 N–H and O–H groups in total. The van der Waals surface area contributed by atoms with Crippen molar-refractivity contribution >= 4 is 37.9 Å². The number of hydrogen-bond donors (Lipinski definition) is 0. The van der Waals surface area contributed by atoms with E-state index in [0.717, 1.165) is 46.7 Å². The summed E-state index contributed by atoms with van der Waals surface area (Å²) in [6.45, 7) is 0. The molecular weight excluding hydrogens is 581 g/mol. The van der Waals surface area contributed by atoms with Crippen molar-refractivity contribution in [2.45, 2.75) is 12.8 Å². The molecule has 1 aliphatic rings. The van der Waals surface area contributed by atoms with Crippen molar-refractivity contribution in [2.24, 2.45) is 0 Å². The van der Waals surface area contributed by atoms with Crippen molar-refractivity contribution in [1.29, 1.82) is 0 Å². The van der Waals surface area contributed by atoms with Crippen molar-refractivity contribution in [1.82, 2.24) is 9.97 Å². The fourth-order valence-electron chi connectivity index (χ4n) is 7.12. The van der Waals surface area contributed by atoms with Gasteiger partial charge in [0.05, 0.1) is 11.4 Å². The number of nitrogens with zero attached hydrogens (tertiary/aromatic N) is 2. The van der Waals surface area contributed by atoms with Crippen LogP contribution >= 0.6 is 0 Å². The predicted molar refractivity (Wildman–Crippen MR) is 203 cm³/mol. The molecule has 226 valence electrons. The van der Waals surface area contributed by atoms with E-state index >= 15 is 0 Å². The first-order valence-corrected chi connectivity index (χ1v) is 16.6. The fourth-order valence-corrected chi connectivity index (χ4v) is 7.12. The van der Waals surface area contributed by atoms with Gasteiger partial charge in [-0.3, -0.25) is 0 Å². The van der Waals surface area contributed by atoms with Crippen LogP contribution in [0, 0.1) is 0 Å². The van der Waals surface area contributed by atoms with Gasteiger partial charge in [-0.25, -0.2) is 9.97 Å². The topological polar surface area (TPSA) is 25.8 Å². The van der Waals surface area contributed by atoms with Crippen LogP contribution in [0.15, 0.2) is 170 Å². The lowest BCUT2D eigenvalue weighted by atomic mass is 9.92. The molecule has 0 saturated carbocycles. The molecule has 9 rings (SSSR count). The fraction of sp³-hybridized carbons (Fsp3) is 0.0435. The van der Waals surface area contributed by atoms with E-state index < -0.39 is 0 Å². The second kappa shape index (κ2) is 11.9. The normalized spacial score (nSPS) is 12.9. The molecule has 1 aliphatic carbocycles. The van der Waals surface area contributed by atoms with Crippen LogP contribution < -0.4 is 0 Å². The second-order valence-electron chi connectivity index (χ2n) is 12.5. The monoisotopic (exact) mass is 612 g/mol. The largest absolute Gasteiger partial charge is 0.228 e. The molecule has 1 aromatic heterocycles. The number of hydrogen-bond acceptors (Lipinski definition) is 2. The molecular formula is C46H32N2. The van der Waals surface area contributed by atoms with E-state index in [-0.39, 0.29) is 0 Å². The minimum Gasteiger partial charge on any atom is -0.228 e. The van der Waals surface area contributed by atoms with Crippen molar-refractivity contribution < 1.29 is 0 Å². The summed E-state index contributed by atoms with van der Waals surface area (Å²) in [5.74, 6) is 0.738. The Kier molecular flexibility index (Phi) is 6.98. The third kappa shape index (κ3) is 5.09. The van der Waals surface area contributed by atoms with E-state index in [4.69, 9.17) is 9.97 Å². The lowest BCUT2D eigenvalue weighted by Crippen LogP contribution is -1.99. The second-order valence-corrected chi connectivity index (χ2v) is 12.5. The highest BCUT2D eigenvalue weighted by Gasteiger charge is 2.15. The number of aromatic nitrogens is 2. The number of allylic oxidation sites excluding steroid dienone is 4. The Hall–Kier alpha value is -6.12. The smallest absolute Gasteiger partial charge is 0.160 e. The summed E-state index contributed by atoms with van der Waals surface area (Å²) in [5, 5.41) is 7.68. The Morgan fingerprint density at radius 1 is 0.375 bits per heavy atom. The molecule has 0 bridgehead atoms. The van der Waals surface area contributed by atoms with Gasteiger partial charge in [-0.05, 0) is 97.3 Å². The van der Waals surface area contributed by atoms with E-state index in [1.165, 1.54) is 54.6 Å². The first kappa shape index (κ1) is 28.1. The van der Waals surface area contributed by atoms with Crippen LogP contribution in [-0.4, -0.2) is 9.97 Å². The lowest BCUT2D eigenvalue weighted by Gasteiger charge is -2.14. The molecule has 0 unspecified atom stereocenters. The zero-order chi connectivity index (χ0) is 31.9. The highest BCUT2D eigenvalue weighted by Crippen LogP contribution is 2.38. The van der Waals surface area contributed by atoms with Gasteiger partial charge < -0.3 is 0 Å². The third-order valence-electron chi connectivity index (χ3n) is 9.53. The van der Waals surface area contributed by atoms with Gasteiger partial charge in [-0.15, -0.1) is 0 Å². The lowest BCUT2D eigenvalue weighted by molar-refractivity contribution is 1.03. The Labute approximate surface area is 280 Å². The Balaban J connectivity index is 1.18. The van der Waals surface area contributed by atoms with Gasteiger partial charge in [-0.1, -0.05) is 146 Å². The molecule has 0 spiro atoms. The van der Waals surface area contributed by atoms with Gasteiger partial charge in [0.1, 0.15) is 0 Å². The van der Waals surface area contributed by atoms with Crippen molar-refractivity contribution in [3.8, 4) is 44.9 Å². The zero-order valence-corrected chi connectivity index (χ0v) is 26.5. The summed E-state index contributed by atoms with van der Waals surface area (Å²) in [6, 6.07) is 54.4. The van der Waals surface area contributed by atoms with Crippen LogP contribution in [0.3, 0.4) is 0 Å². The van der Waals surface area contributed by atoms with E-state index in [2.05, 4.69) is 170 Å². The van der Waals surface area contributed by atoms with E-state index in [0.29, 0.717) is 0 Å². The van der Waals surface area contributed by atoms with Crippen molar-refractivity contribution in [3.63, 3.8) is 0 Å². The highest BCUT2D eigenvalue weighted by molar-refractivity contribution is 6.25. The Morgan fingerprint density at radius 3 is 1.62 bits per heavy atom. The minimum absolute atomic E-state index is 0.738. The van der Waals surface area contributed by atoms with Crippen LogP contribution in [0.5, 0.6) is 0 Å². The summed E-state index contributed by atoms with van der Waals surface area (Å²) in [5.41, 5.74) is 9.93. The molecule has 2 nitrogen and oxygen atoms in total. The van der Waals surface area contributed by atoms with Crippen LogP contribution in [0.4, 0.5) is 0 Å². The number of rotatable bonds is 5. The van der Waals surface area contributed by atoms with Crippen molar-refractivity contribution in [2.75, 3.05) is 0 Å². The number of fused-ring (bicyclic) bond motifs is 6. The SMILES string of the molecule is C1=CCCC(c2cc(-c3cccc(-c4ccccc4)c3)nc(-c3cccc(-c4ccc5c6ccccc6c6ccccc6c5c4)c3)n2)=C1. The van der Waals surface area contributed by atoms with E-state index in [1.807, 2.05) is 0 Å². The van der Waals surface area contributed by atoms with E-state index in [1.54, 1.807) is 0 Å². The van der Waals surface area contributed by atoms with Gasteiger partial charge in [0, 0.05) is 11.1 Å². The maximum absolute atomic E-state index is 5.21. The average Bonchev–Trinajstić information content (AvgIpc) is 3.18. The summed E-state index contributed by atoms with van der Waals surface area (Å²) in [7, 11) is 0. The standard InChI is InChI=1S/C46H32N2/c1-3-13-31(14-4-1)33-17-11-19-36(27-33)45-30-44(32-15-5-2-6-16-32)47-46(48-45)37-20-12-18-34(28-37)35-25-26-42-40-23-8-7-21-38(40)39-22-9-10-24-41(39)43(42)29-35/h1-5,7-15,17-30H,6,16H2. The molecule has 2 heteroatoms. The molecule has 0 radical (unpaired) electrons. The van der Waals surface area contributed by atoms with Gasteiger partial charge in [0.2, 0.25) is 0 Å². The zero-order valence-electron chi connectivity index (χ0n) is 26.5. The minimum atomic E-state index is 0.738. The predicted octanol–water partition coefficient (Wildman–Crippen LogP) is 12.3. The van der Waals surface area contributed by atoms with Crippen LogP contribution in [0.1, 0.15) is 18.5 Å². The molecule has 0 amide bonds. The molecule has 8 aromatic rings. The summed E-state index contributed by atoms with van der Waals surface area (Å²) < 4.78 is 0. The maximum atomic E-state index is 5.21. The molecule has 0 saturated heterocycles. The van der Waals surface area contributed by atoms with Gasteiger partial charge in [0.15, 0.2) is 5.82 Å². The number of benzene rings is 7. The highest BCUT2D eigenvalue weighted by atomic mass is 14.9. The van der Waals surface area contributed by atoms with Gasteiger partial charge >= 0.3 is 0 Å². The Bertz CT molecular complexity index is 2520. The average molecular weight is 613 g/mol. The molecule has 0 aliphatic heterocycles. The summed E-state index contributed by atoms with van der Waals surface area (Å²) in [4.78, 5) is 10.4.